The fourth-order valence-corrected chi connectivity index (χ4v) is 5.47. The number of rotatable bonds is 5. The Morgan fingerprint density at radius 2 is 1.49 bits per heavy atom. The highest BCUT2D eigenvalue weighted by atomic mass is 16.5. The van der Waals surface area contributed by atoms with Crippen LogP contribution in [0.3, 0.4) is 0 Å². The molecule has 0 bridgehead atoms. The highest BCUT2D eigenvalue weighted by Gasteiger charge is 2.39. The van der Waals surface area contributed by atoms with Gasteiger partial charge in [0.2, 0.25) is 0 Å². The summed E-state index contributed by atoms with van der Waals surface area (Å²) in [5.41, 5.74) is 5.24. The first-order valence-electron chi connectivity index (χ1n) is 13.2. The van der Waals surface area contributed by atoms with Crippen LogP contribution in [-0.2, 0) is 4.79 Å². The number of para-hydroxylation sites is 1. The Hall–Kier alpha value is -4.64. The minimum absolute atomic E-state index is 0.0407. The average Bonchev–Trinajstić information content (AvgIpc) is 3.09. The van der Waals surface area contributed by atoms with Gasteiger partial charge in [-0.2, -0.15) is 0 Å². The van der Waals surface area contributed by atoms with E-state index in [0.29, 0.717) is 23.3 Å². The van der Waals surface area contributed by atoms with Crippen LogP contribution in [-0.4, -0.2) is 11.6 Å². The molecule has 4 aromatic carbocycles. The van der Waals surface area contributed by atoms with Crippen molar-refractivity contribution in [2.75, 3.05) is 10.6 Å². The number of Topliss-reactive ketones (excluding diaryl/α,β-unsaturated/α-hetero) is 1. The van der Waals surface area contributed by atoms with E-state index in [-0.39, 0.29) is 23.0 Å². The van der Waals surface area contributed by atoms with Crippen molar-refractivity contribution in [1.29, 1.82) is 0 Å². The van der Waals surface area contributed by atoms with Gasteiger partial charge >= 0.3 is 0 Å². The maximum Gasteiger partial charge on any atom is 0.193 e. The molecule has 5 heteroatoms. The van der Waals surface area contributed by atoms with Crippen LogP contribution in [0.2, 0.25) is 0 Å². The summed E-state index contributed by atoms with van der Waals surface area (Å²) in [6, 6.07) is 32.1. The number of hydrogen-bond donors (Lipinski definition) is 2. The molecule has 2 N–H and O–H groups in total. The Morgan fingerprint density at radius 1 is 0.769 bits per heavy atom. The zero-order valence-corrected chi connectivity index (χ0v) is 22.0. The second-order valence-electron chi connectivity index (χ2n) is 11.0. The number of ketones is 2. The second kappa shape index (κ2) is 9.91. The van der Waals surface area contributed by atoms with Crippen molar-refractivity contribution in [2.45, 2.75) is 32.7 Å². The topological polar surface area (TPSA) is 67.4 Å². The van der Waals surface area contributed by atoms with Gasteiger partial charge in [-0.25, -0.2) is 0 Å². The van der Waals surface area contributed by atoms with Crippen LogP contribution in [0.25, 0.3) is 0 Å². The molecular weight excluding hydrogens is 484 g/mol. The van der Waals surface area contributed by atoms with Gasteiger partial charge in [-0.05, 0) is 59.9 Å². The Morgan fingerprint density at radius 3 is 2.26 bits per heavy atom. The lowest BCUT2D eigenvalue weighted by Crippen LogP contribution is -2.31. The molecule has 0 amide bonds. The number of benzene rings is 4. The van der Waals surface area contributed by atoms with Crippen LogP contribution in [0.1, 0.15) is 54.2 Å². The van der Waals surface area contributed by atoms with E-state index in [4.69, 9.17) is 4.74 Å². The van der Waals surface area contributed by atoms with E-state index >= 15 is 0 Å². The summed E-state index contributed by atoms with van der Waals surface area (Å²) < 4.78 is 6.11. The highest BCUT2D eigenvalue weighted by Crippen LogP contribution is 2.46. The summed E-state index contributed by atoms with van der Waals surface area (Å²) in [6.07, 6.45) is 1.20. The van der Waals surface area contributed by atoms with Gasteiger partial charge in [-0.15, -0.1) is 0 Å². The van der Waals surface area contributed by atoms with Crippen molar-refractivity contribution in [1.82, 2.24) is 0 Å². The lowest BCUT2D eigenvalue weighted by atomic mass is 9.73. The van der Waals surface area contributed by atoms with Gasteiger partial charge in [-0.3, -0.25) is 9.59 Å². The normalized spacial score (nSPS) is 17.7. The molecule has 1 aliphatic heterocycles. The molecule has 1 heterocycles. The van der Waals surface area contributed by atoms with Crippen molar-refractivity contribution in [3.63, 3.8) is 0 Å². The van der Waals surface area contributed by atoms with E-state index in [1.807, 2.05) is 103 Å². The van der Waals surface area contributed by atoms with E-state index in [1.165, 1.54) is 0 Å². The third-order valence-electron chi connectivity index (χ3n) is 7.28. The average molecular weight is 515 g/mol. The number of ether oxygens (including phenoxy) is 1. The molecule has 0 saturated carbocycles. The van der Waals surface area contributed by atoms with E-state index < -0.39 is 0 Å². The monoisotopic (exact) mass is 514 g/mol. The lowest BCUT2D eigenvalue weighted by molar-refractivity contribution is -0.118. The fourth-order valence-electron chi connectivity index (χ4n) is 5.47. The van der Waals surface area contributed by atoms with Crippen molar-refractivity contribution in [2.24, 2.45) is 5.41 Å². The van der Waals surface area contributed by atoms with Crippen molar-refractivity contribution in [3.05, 3.63) is 131 Å². The molecule has 6 rings (SSSR count). The first-order valence-corrected chi connectivity index (χ1v) is 13.2. The summed E-state index contributed by atoms with van der Waals surface area (Å²) in [5.74, 6) is 1.53. The van der Waals surface area contributed by atoms with Crippen LogP contribution in [0, 0.1) is 5.41 Å². The minimum Gasteiger partial charge on any atom is -0.457 e. The SMILES string of the molecule is CC1(C)CC(=O)C2=C(C1)Nc1cc(C(=O)c3ccccc3)ccc1N[C@@H]2c1cccc(Oc2ccccc2)c1. The molecule has 0 aromatic heterocycles. The van der Waals surface area contributed by atoms with Crippen molar-refractivity contribution in [3.8, 4) is 11.5 Å². The van der Waals surface area contributed by atoms with Gasteiger partial charge in [0.05, 0.1) is 17.4 Å². The molecule has 1 atom stereocenters. The lowest BCUT2D eigenvalue weighted by Gasteiger charge is -2.34. The van der Waals surface area contributed by atoms with Gasteiger partial charge in [0.15, 0.2) is 11.6 Å². The maximum absolute atomic E-state index is 13.6. The van der Waals surface area contributed by atoms with Crippen LogP contribution in [0.4, 0.5) is 11.4 Å². The number of allylic oxidation sites excluding steroid dienone is 1. The van der Waals surface area contributed by atoms with Gasteiger partial charge in [0, 0.05) is 28.8 Å². The number of fused-ring (bicyclic) bond motifs is 1. The molecule has 4 aromatic rings. The largest absolute Gasteiger partial charge is 0.457 e. The summed E-state index contributed by atoms with van der Waals surface area (Å²) in [7, 11) is 0. The predicted octanol–water partition coefficient (Wildman–Crippen LogP) is 7.93. The van der Waals surface area contributed by atoms with Crippen LogP contribution >= 0.6 is 0 Å². The molecule has 0 unspecified atom stereocenters. The third-order valence-corrected chi connectivity index (χ3v) is 7.28. The Labute approximate surface area is 228 Å². The molecule has 0 spiro atoms. The highest BCUT2D eigenvalue weighted by molar-refractivity contribution is 6.10. The summed E-state index contributed by atoms with van der Waals surface area (Å²) in [5, 5.41) is 7.18. The Bertz CT molecular complexity index is 1590. The maximum atomic E-state index is 13.6. The van der Waals surface area contributed by atoms with E-state index in [0.717, 1.165) is 40.4 Å². The molecule has 2 aliphatic rings. The predicted molar refractivity (Wildman–Crippen MR) is 154 cm³/mol. The smallest absolute Gasteiger partial charge is 0.193 e. The van der Waals surface area contributed by atoms with Gasteiger partial charge < -0.3 is 15.4 Å². The standard InChI is InChI=1S/C34H30N2O3/c1-34(2)20-29-31(30(37)21-34)32(23-12-9-15-26(18-23)39-25-13-7-4-8-14-25)36-27-17-16-24(19-28(27)35-29)33(38)22-10-5-3-6-11-22/h3-19,32,35-36H,20-21H2,1-2H3/t32-/m1/s1. The number of carbonyl (C=O) groups excluding carboxylic acids is 2. The zero-order valence-electron chi connectivity index (χ0n) is 22.0. The minimum atomic E-state index is -0.368. The fraction of sp³-hybridized carbons (Fsp3) is 0.176. The van der Waals surface area contributed by atoms with Gasteiger partial charge in [0.25, 0.3) is 0 Å². The van der Waals surface area contributed by atoms with Crippen molar-refractivity contribution >= 4 is 22.9 Å². The molecule has 0 fully saturated rings. The summed E-state index contributed by atoms with van der Waals surface area (Å²) >= 11 is 0. The molecule has 194 valence electrons. The number of nitrogens with one attached hydrogen (secondary N) is 2. The summed E-state index contributed by atoms with van der Waals surface area (Å²) in [6.45, 7) is 4.24. The second-order valence-corrected chi connectivity index (χ2v) is 11.0. The molecular formula is C34H30N2O3. The van der Waals surface area contributed by atoms with Crippen molar-refractivity contribution < 1.29 is 14.3 Å². The van der Waals surface area contributed by atoms with E-state index in [9.17, 15) is 9.59 Å². The van der Waals surface area contributed by atoms with E-state index in [2.05, 4.69) is 24.5 Å². The van der Waals surface area contributed by atoms with Crippen LogP contribution < -0.4 is 15.4 Å². The third kappa shape index (κ3) is 5.08. The molecule has 0 radical (unpaired) electrons. The van der Waals surface area contributed by atoms with Gasteiger partial charge in [0.1, 0.15) is 11.5 Å². The summed E-state index contributed by atoms with van der Waals surface area (Å²) in [4.78, 5) is 26.8. The number of hydrogen-bond acceptors (Lipinski definition) is 5. The van der Waals surface area contributed by atoms with Crippen LogP contribution in [0.15, 0.2) is 114 Å². The molecule has 5 nitrogen and oxygen atoms in total. The van der Waals surface area contributed by atoms with Gasteiger partial charge in [-0.1, -0.05) is 74.5 Å². The molecule has 39 heavy (non-hydrogen) atoms. The Kier molecular flexibility index (Phi) is 6.27. The first-order chi connectivity index (χ1) is 18.9. The Balaban J connectivity index is 1.41. The first kappa shape index (κ1) is 24.7. The molecule has 0 saturated heterocycles. The molecule has 1 aliphatic carbocycles. The zero-order chi connectivity index (χ0) is 27.0. The quantitative estimate of drug-likeness (QED) is 0.265. The van der Waals surface area contributed by atoms with E-state index in [1.54, 1.807) is 0 Å². The number of anilines is 2. The number of carbonyl (C=O) groups is 2. The van der Waals surface area contributed by atoms with Crippen LogP contribution in [0.5, 0.6) is 11.5 Å².